The SMILES string of the molecule is CC(N)Cc1cccc(Oc2cnccn2)c1. The standard InChI is InChI=1S/C13H15N3O/c1-10(14)7-11-3-2-4-12(8-11)17-13-9-15-5-6-16-13/h2-6,8-10H,7,14H2,1H3. The van der Waals surface area contributed by atoms with Gasteiger partial charge in [0.25, 0.3) is 0 Å². The molecular formula is C13H15N3O. The Morgan fingerprint density at radius 1 is 1.35 bits per heavy atom. The molecule has 0 radical (unpaired) electrons. The highest BCUT2D eigenvalue weighted by atomic mass is 16.5. The molecule has 0 spiro atoms. The average Bonchev–Trinajstić information content (AvgIpc) is 2.30. The van der Waals surface area contributed by atoms with E-state index in [-0.39, 0.29) is 6.04 Å². The molecule has 1 aromatic carbocycles. The van der Waals surface area contributed by atoms with Crippen LogP contribution < -0.4 is 10.5 Å². The van der Waals surface area contributed by atoms with E-state index in [4.69, 9.17) is 10.5 Å². The molecule has 0 bridgehead atoms. The Hall–Kier alpha value is -1.94. The Kier molecular flexibility index (Phi) is 3.67. The van der Waals surface area contributed by atoms with E-state index in [0.29, 0.717) is 5.88 Å². The van der Waals surface area contributed by atoms with E-state index in [2.05, 4.69) is 9.97 Å². The van der Waals surface area contributed by atoms with Crippen LogP contribution >= 0.6 is 0 Å². The summed E-state index contributed by atoms with van der Waals surface area (Å²) in [7, 11) is 0. The molecule has 1 atom stereocenters. The van der Waals surface area contributed by atoms with Gasteiger partial charge in [-0.1, -0.05) is 12.1 Å². The lowest BCUT2D eigenvalue weighted by atomic mass is 10.1. The highest BCUT2D eigenvalue weighted by Gasteiger charge is 2.02. The van der Waals surface area contributed by atoms with E-state index in [9.17, 15) is 0 Å². The number of hydrogen-bond acceptors (Lipinski definition) is 4. The van der Waals surface area contributed by atoms with Gasteiger partial charge in [0.15, 0.2) is 0 Å². The molecule has 0 aliphatic rings. The van der Waals surface area contributed by atoms with Gasteiger partial charge in [-0.05, 0) is 31.0 Å². The molecule has 0 saturated carbocycles. The second-order valence-corrected chi connectivity index (χ2v) is 3.97. The third-order valence-corrected chi connectivity index (χ3v) is 2.22. The minimum absolute atomic E-state index is 0.141. The van der Waals surface area contributed by atoms with Gasteiger partial charge in [-0.15, -0.1) is 0 Å². The Morgan fingerprint density at radius 2 is 2.24 bits per heavy atom. The maximum Gasteiger partial charge on any atom is 0.237 e. The van der Waals surface area contributed by atoms with E-state index < -0.39 is 0 Å². The molecule has 0 saturated heterocycles. The number of hydrogen-bond donors (Lipinski definition) is 1. The van der Waals surface area contributed by atoms with Gasteiger partial charge >= 0.3 is 0 Å². The van der Waals surface area contributed by atoms with Crippen LogP contribution in [0.4, 0.5) is 0 Å². The molecule has 1 unspecified atom stereocenters. The summed E-state index contributed by atoms with van der Waals surface area (Å²) in [5, 5.41) is 0. The highest BCUT2D eigenvalue weighted by Crippen LogP contribution is 2.19. The first-order valence-corrected chi connectivity index (χ1v) is 5.52. The van der Waals surface area contributed by atoms with Crippen molar-refractivity contribution in [2.45, 2.75) is 19.4 Å². The fraction of sp³-hybridized carbons (Fsp3) is 0.231. The maximum absolute atomic E-state index is 5.76. The minimum atomic E-state index is 0.141. The van der Waals surface area contributed by atoms with E-state index in [1.54, 1.807) is 18.6 Å². The zero-order chi connectivity index (χ0) is 12.1. The lowest BCUT2D eigenvalue weighted by Crippen LogP contribution is -2.17. The predicted octanol–water partition coefficient (Wildman–Crippen LogP) is 2.16. The lowest BCUT2D eigenvalue weighted by molar-refractivity contribution is 0.459. The molecule has 0 fully saturated rings. The lowest BCUT2D eigenvalue weighted by Gasteiger charge is -2.08. The molecule has 1 heterocycles. The smallest absolute Gasteiger partial charge is 0.237 e. The van der Waals surface area contributed by atoms with Gasteiger partial charge < -0.3 is 10.5 Å². The van der Waals surface area contributed by atoms with Gasteiger partial charge in [0.1, 0.15) is 5.75 Å². The summed E-state index contributed by atoms with van der Waals surface area (Å²) in [6, 6.07) is 7.98. The summed E-state index contributed by atoms with van der Waals surface area (Å²) in [5.74, 6) is 1.24. The molecule has 1 aromatic heterocycles. The second kappa shape index (κ2) is 5.41. The van der Waals surface area contributed by atoms with Gasteiger partial charge in [-0.25, -0.2) is 4.98 Å². The molecule has 0 aliphatic heterocycles. The normalized spacial score (nSPS) is 12.1. The second-order valence-electron chi connectivity index (χ2n) is 3.97. The number of aromatic nitrogens is 2. The van der Waals surface area contributed by atoms with Crippen molar-refractivity contribution in [3.05, 3.63) is 48.4 Å². The Bertz CT molecular complexity index is 471. The number of benzene rings is 1. The molecular weight excluding hydrogens is 214 g/mol. The molecule has 4 heteroatoms. The summed E-state index contributed by atoms with van der Waals surface area (Å²) in [6.45, 7) is 1.98. The van der Waals surface area contributed by atoms with Gasteiger partial charge in [-0.3, -0.25) is 4.98 Å². The molecule has 2 N–H and O–H groups in total. The maximum atomic E-state index is 5.76. The summed E-state index contributed by atoms with van der Waals surface area (Å²) in [5.41, 5.74) is 6.92. The van der Waals surface area contributed by atoms with Crippen LogP contribution in [0.1, 0.15) is 12.5 Å². The summed E-state index contributed by atoms with van der Waals surface area (Å²) >= 11 is 0. The summed E-state index contributed by atoms with van der Waals surface area (Å²) in [4.78, 5) is 8.00. The van der Waals surface area contributed by atoms with Crippen molar-refractivity contribution in [3.8, 4) is 11.6 Å². The average molecular weight is 229 g/mol. The number of ether oxygens (including phenoxy) is 1. The first kappa shape index (κ1) is 11.5. The fourth-order valence-corrected chi connectivity index (χ4v) is 1.57. The van der Waals surface area contributed by atoms with Crippen LogP contribution in [0.5, 0.6) is 11.6 Å². The minimum Gasteiger partial charge on any atom is -0.437 e. The van der Waals surface area contributed by atoms with Crippen LogP contribution in [-0.4, -0.2) is 16.0 Å². The first-order chi connectivity index (χ1) is 8.24. The highest BCUT2D eigenvalue weighted by molar-refractivity contribution is 5.31. The van der Waals surface area contributed by atoms with Crippen LogP contribution in [-0.2, 0) is 6.42 Å². The van der Waals surface area contributed by atoms with Crippen LogP contribution in [0.2, 0.25) is 0 Å². The largest absolute Gasteiger partial charge is 0.437 e. The number of nitrogens with two attached hydrogens (primary N) is 1. The van der Waals surface area contributed by atoms with Crippen molar-refractivity contribution in [2.75, 3.05) is 0 Å². The zero-order valence-electron chi connectivity index (χ0n) is 9.71. The third-order valence-electron chi connectivity index (χ3n) is 2.22. The van der Waals surface area contributed by atoms with Crippen molar-refractivity contribution in [1.29, 1.82) is 0 Å². The van der Waals surface area contributed by atoms with Crippen molar-refractivity contribution in [2.24, 2.45) is 5.73 Å². The van der Waals surface area contributed by atoms with E-state index in [1.165, 1.54) is 0 Å². The van der Waals surface area contributed by atoms with E-state index in [0.717, 1.165) is 17.7 Å². The Morgan fingerprint density at radius 3 is 2.94 bits per heavy atom. The van der Waals surface area contributed by atoms with E-state index >= 15 is 0 Å². The molecule has 4 nitrogen and oxygen atoms in total. The van der Waals surface area contributed by atoms with Crippen LogP contribution in [0, 0.1) is 0 Å². The predicted molar refractivity (Wildman–Crippen MR) is 65.9 cm³/mol. The van der Waals surface area contributed by atoms with Crippen LogP contribution in [0.25, 0.3) is 0 Å². The number of nitrogens with zero attached hydrogens (tertiary/aromatic N) is 2. The van der Waals surface area contributed by atoms with Crippen molar-refractivity contribution < 1.29 is 4.74 Å². The van der Waals surface area contributed by atoms with Crippen molar-refractivity contribution >= 4 is 0 Å². The quantitative estimate of drug-likeness (QED) is 0.872. The molecule has 2 rings (SSSR count). The molecule has 2 aromatic rings. The zero-order valence-corrected chi connectivity index (χ0v) is 9.71. The summed E-state index contributed by atoms with van der Waals surface area (Å²) in [6.07, 6.45) is 5.62. The molecule has 0 aliphatic carbocycles. The van der Waals surface area contributed by atoms with Gasteiger partial charge in [0.05, 0.1) is 6.20 Å². The topological polar surface area (TPSA) is 61.0 Å². The van der Waals surface area contributed by atoms with Crippen LogP contribution in [0.3, 0.4) is 0 Å². The van der Waals surface area contributed by atoms with Crippen molar-refractivity contribution in [3.63, 3.8) is 0 Å². The monoisotopic (exact) mass is 229 g/mol. The van der Waals surface area contributed by atoms with E-state index in [1.807, 2.05) is 31.2 Å². The first-order valence-electron chi connectivity index (χ1n) is 5.52. The Labute approximate surface area is 100 Å². The molecule has 88 valence electrons. The number of rotatable bonds is 4. The fourth-order valence-electron chi connectivity index (χ4n) is 1.57. The third kappa shape index (κ3) is 3.53. The summed E-state index contributed by atoms with van der Waals surface area (Å²) < 4.78 is 5.59. The van der Waals surface area contributed by atoms with Gasteiger partial charge in [0, 0.05) is 18.4 Å². The van der Waals surface area contributed by atoms with Crippen molar-refractivity contribution in [1.82, 2.24) is 9.97 Å². The molecule has 0 amide bonds. The molecule has 17 heavy (non-hydrogen) atoms. The van der Waals surface area contributed by atoms with Gasteiger partial charge in [0.2, 0.25) is 5.88 Å². The van der Waals surface area contributed by atoms with Crippen LogP contribution in [0.15, 0.2) is 42.9 Å². The van der Waals surface area contributed by atoms with Gasteiger partial charge in [-0.2, -0.15) is 0 Å². The Balaban J connectivity index is 2.11.